The highest BCUT2D eigenvalue weighted by Crippen LogP contribution is 2.05. The highest BCUT2D eigenvalue weighted by molar-refractivity contribution is 5.21. The first kappa shape index (κ1) is 14.6. The Morgan fingerprint density at radius 2 is 1.65 bits per heavy atom. The summed E-state index contributed by atoms with van der Waals surface area (Å²) in [5.74, 6) is 0. The molecular formula is C17H24N2O. The van der Waals surface area contributed by atoms with Gasteiger partial charge in [-0.1, -0.05) is 56.0 Å². The lowest BCUT2D eigenvalue weighted by Crippen LogP contribution is -2.24. The molecule has 0 atom stereocenters. The van der Waals surface area contributed by atoms with E-state index in [9.17, 15) is 4.79 Å². The monoisotopic (exact) mass is 272 g/mol. The summed E-state index contributed by atoms with van der Waals surface area (Å²) in [7, 11) is 0. The Labute approximate surface area is 120 Å². The Kier molecular flexibility index (Phi) is 5.22. The van der Waals surface area contributed by atoms with Gasteiger partial charge in [0.15, 0.2) is 0 Å². The molecule has 1 aromatic carbocycles. The van der Waals surface area contributed by atoms with Gasteiger partial charge < -0.3 is 0 Å². The zero-order valence-electron chi connectivity index (χ0n) is 12.5. The predicted molar refractivity (Wildman–Crippen MR) is 83.1 cm³/mol. The summed E-state index contributed by atoms with van der Waals surface area (Å²) in [6.45, 7) is 5.76. The summed E-state index contributed by atoms with van der Waals surface area (Å²) in [6.07, 6.45) is 8.56. The topological polar surface area (TPSA) is 26.9 Å². The molecule has 108 valence electrons. The van der Waals surface area contributed by atoms with E-state index in [1.165, 1.54) is 30.4 Å². The van der Waals surface area contributed by atoms with Crippen molar-refractivity contribution in [2.45, 2.75) is 52.6 Å². The van der Waals surface area contributed by atoms with E-state index in [1.54, 1.807) is 4.57 Å². The molecule has 0 unspecified atom stereocenters. The Morgan fingerprint density at radius 1 is 0.950 bits per heavy atom. The van der Waals surface area contributed by atoms with Gasteiger partial charge in [-0.2, -0.15) is 0 Å². The summed E-state index contributed by atoms with van der Waals surface area (Å²) in [6, 6.07) is 8.34. The van der Waals surface area contributed by atoms with Crippen LogP contribution in [0.1, 0.15) is 43.7 Å². The zero-order chi connectivity index (χ0) is 14.4. The molecule has 3 heteroatoms. The molecule has 0 saturated heterocycles. The third-order valence-electron chi connectivity index (χ3n) is 3.64. The summed E-state index contributed by atoms with van der Waals surface area (Å²) < 4.78 is 3.61. The maximum absolute atomic E-state index is 12.2. The summed E-state index contributed by atoms with van der Waals surface area (Å²) in [5, 5.41) is 0. The first-order valence-electron chi connectivity index (χ1n) is 7.52. The summed E-state index contributed by atoms with van der Waals surface area (Å²) in [4.78, 5) is 12.2. The number of hydrogen-bond acceptors (Lipinski definition) is 1. The lowest BCUT2D eigenvalue weighted by Gasteiger charge is -2.03. The van der Waals surface area contributed by atoms with E-state index in [0.29, 0.717) is 6.54 Å². The van der Waals surface area contributed by atoms with Crippen molar-refractivity contribution in [1.82, 2.24) is 9.13 Å². The third-order valence-corrected chi connectivity index (χ3v) is 3.64. The van der Waals surface area contributed by atoms with E-state index >= 15 is 0 Å². The Hall–Kier alpha value is -1.77. The minimum absolute atomic E-state index is 0.0991. The molecule has 0 amide bonds. The average Bonchev–Trinajstić information content (AvgIpc) is 2.79. The lowest BCUT2D eigenvalue weighted by molar-refractivity contribution is 0.560. The minimum Gasteiger partial charge on any atom is -0.299 e. The van der Waals surface area contributed by atoms with Crippen LogP contribution in [-0.4, -0.2) is 9.13 Å². The van der Waals surface area contributed by atoms with Crippen molar-refractivity contribution in [2.75, 3.05) is 0 Å². The van der Waals surface area contributed by atoms with Gasteiger partial charge in [0.1, 0.15) is 0 Å². The lowest BCUT2D eigenvalue weighted by atomic mass is 10.1. The third kappa shape index (κ3) is 3.86. The van der Waals surface area contributed by atoms with Crippen LogP contribution in [0, 0.1) is 6.92 Å². The van der Waals surface area contributed by atoms with Crippen LogP contribution in [0.5, 0.6) is 0 Å². The van der Waals surface area contributed by atoms with E-state index in [2.05, 4.69) is 38.1 Å². The van der Waals surface area contributed by atoms with E-state index in [-0.39, 0.29) is 5.69 Å². The molecule has 0 bridgehead atoms. The largest absolute Gasteiger partial charge is 0.328 e. The number of aryl methyl sites for hydroxylation is 2. The molecule has 0 spiro atoms. The van der Waals surface area contributed by atoms with Crippen LogP contribution >= 0.6 is 0 Å². The number of nitrogens with zero attached hydrogens (tertiary/aromatic N) is 2. The van der Waals surface area contributed by atoms with Gasteiger partial charge in [0.25, 0.3) is 0 Å². The van der Waals surface area contributed by atoms with Gasteiger partial charge in [0.05, 0.1) is 6.54 Å². The number of imidazole rings is 1. The molecule has 2 rings (SSSR count). The van der Waals surface area contributed by atoms with Gasteiger partial charge in [0.2, 0.25) is 0 Å². The van der Waals surface area contributed by atoms with Gasteiger partial charge in [-0.15, -0.1) is 0 Å². The standard InChI is InChI=1S/C17H24N2O/c1-3-4-5-6-11-18-12-13-19(17(18)20)14-16-9-7-15(2)8-10-16/h7-10,12-13H,3-6,11,14H2,1-2H3. The maximum atomic E-state index is 12.2. The second-order valence-electron chi connectivity index (χ2n) is 5.45. The number of aromatic nitrogens is 2. The molecule has 0 fully saturated rings. The Bertz CT molecular complexity index is 578. The zero-order valence-corrected chi connectivity index (χ0v) is 12.5. The Morgan fingerprint density at radius 3 is 2.35 bits per heavy atom. The van der Waals surface area contributed by atoms with Gasteiger partial charge in [-0.3, -0.25) is 9.13 Å². The van der Waals surface area contributed by atoms with E-state index in [4.69, 9.17) is 0 Å². The SMILES string of the molecule is CCCCCCn1ccn(Cc2ccc(C)cc2)c1=O. The molecule has 0 saturated carbocycles. The van der Waals surface area contributed by atoms with Crippen LogP contribution in [0.25, 0.3) is 0 Å². The fourth-order valence-corrected chi connectivity index (χ4v) is 2.34. The van der Waals surface area contributed by atoms with Crippen molar-refractivity contribution in [3.8, 4) is 0 Å². The second-order valence-corrected chi connectivity index (χ2v) is 5.45. The maximum Gasteiger partial charge on any atom is 0.328 e. The molecule has 3 nitrogen and oxygen atoms in total. The Balaban J connectivity index is 1.98. The highest BCUT2D eigenvalue weighted by Gasteiger charge is 2.03. The van der Waals surface area contributed by atoms with Crippen molar-refractivity contribution in [1.29, 1.82) is 0 Å². The van der Waals surface area contributed by atoms with Crippen molar-refractivity contribution >= 4 is 0 Å². The molecule has 0 aliphatic rings. The molecule has 2 aromatic rings. The number of rotatable bonds is 7. The van der Waals surface area contributed by atoms with Crippen LogP contribution in [-0.2, 0) is 13.1 Å². The van der Waals surface area contributed by atoms with Gasteiger partial charge in [0, 0.05) is 18.9 Å². The van der Waals surface area contributed by atoms with Crippen molar-refractivity contribution in [3.63, 3.8) is 0 Å². The molecule has 0 aliphatic carbocycles. The van der Waals surface area contributed by atoms with Crippen LogP contribution in [0.4, 0.5) is 0 Å². The fraction of sp³-hybridized carbons (Fsp3) is 0.471. The van der Waals surface area contributed by atoms with E-state index in [1.807, 2.05) is 17.0 Å². The smallest absolute Gasteiger partial charge is 0.299 e. The van der Waals surface area contributed by atoms with E-state index < -0.39 is 0 Å². The van der Waals surface area contributed by atoms with Crippen molar-refractivity contribution in [3.05, 3.63) is 58.3 Å². The summed E-state index contributed by atoms with van der Waals surface area (Å²) in [5.41, 5.74) is 2.51. The molecule has 1 aromatic heterocycles. The number of unbranched alkanes of at least 4 members (excludes halogenated alkanes) is 3. The van der Waals surface area contributed by atoms with Crippen molar-refractivity contribution < 1.29 is 0 Å². The van der Waals surface area contributed by atoms with Crippen LogP contribution < -0.4 is 5.69 Å². The highest BCUT2D eigenvalue weighted by atomic mass is 16.1. The van der Waals surface area contributed by atoms with Gasteiger partial charge >= 0.3 is 5.69 Å². The summed E-state index contributed by atoms with van der Waals surface area (Å²) >= 11 is 0. The first-order chi connectivity index (χ1) is 9.70. The molecule has 1 heterocycles. The quantitative estimate of drug-likeness (QED) is 0.708. The van der Waals surface area contributed by atoms with Crippen LogP contribution in [0.15, 0.2) is 41.5 Å². The second kappa shape index (κ2) is 7.13. The molecular weight excluding hydrogens is 248 g/mol. The average molecular weight is 272 g/mol. The minimum atomic E-state index is 0.0991. The van der Waals surface area contributed by atoms with Gasteiger partial charge in [-0.05, 0) is 18.9 Å². The van der Waals surface area contributed by atoms with Gasteiger partial charge in [-0.25, -0.2) is 4.79 Å². The fourth-order valence-electron chi connectivity index (χ4n) is 2.34. The predicted octanol–water partition coefficient (Wildman–Crippen LogP) is 3.59. The molecule has 0 N–H and O–H groups in total. The normalized spacial score (nSPS) is 10.9. The van der Waals surface area contributed by atoms with Crippen LogP contribution in [0.3, 0.4) is 0 Å². The van der Waals surface area contributed by atoms with E-state index in [0.717, 1.165) is 13.0 Å². The molecule has 0 radical (unpaired) electrons. The first-order valence-corrected chi connectivity index (χ1v) is 7.52. The van der Waals surface area contributed by atoms with Crippen molar-refractivity contribution in [2.24, 2.45) is 0 Å². The molecule has 0 aliphatic heterocycles. The number of hydrogen-bond donors (Lipinski definition) is 0. The van der Waals surface area contributed by atoms with Crippen LogP contribution in [0.2, 0.25) is 0 Å². The number of benzene rings is 1. The molecule has 20 heavy (non-hydrogen) atoms.